The zero-order valence-corrected chi connectivity index (χ0v) is 24.4. The van der Waals surface area contributed by atoms with Gasteiger partial charge in [0.1, 0.15) is 5.69 Å². The molecule has 0 fully saturated rings. The first kappa shape index (κ1) is 31.7. The summed E-state index contributed by atoms with van der Waals surface area (Å²) in [5.41, 5.74) is 6.65. The van der Waals surface area contributed by atoms with Crippen molar-refractivity contribution in [2.24, 2.45) is 0 Å². The van der Waals surface area contributed by atoms with Gasteiger partial charge in [-0.15, -0.1) is 0 Å². The minimum Gasteiger partial charge on any atom is -0.550 e. The van der Waals surface area contributed by atoms with Crippen LogP contribution in [0.15, 0.2) is 29.1 Å². The van der Waals surface area contributed by atoms with Gasteiger partial charge in [0.15, 0.2) is 5.82 Å². The fraction of sp³-hybridized carbons (Fsp3) is 0.381. The number of nitrogens with two attached hydrogens (primary N) is 1. The number of benzene rings is 1. The number of carboxylic acid groups (broad SMARTS) is 2. The average molecular weight is 517 g/mol. The number of nitrogens with one attached hydrogen (secondary N) is 4. The monoisotopic (exact) mass is 517 g/mol. The van der Waals surface area contributed by atoms with Gasteiger partial charge in [-0.2, -0.15) is 4.98 Å². The molecular formula is C21H25N7Na2O6. The predicted octanol–water partition coefficient (Wildman–Crippen LogP) is -8.53. The molecule has 182 valence electrons. The van der Waals surface area contributed by atoms with Crippen molar-refractivity contribution in [1.29, 1.82) is 0 Å². The number of aromatic nitrogens is 2. The standard InChI is InChI=1S/C21H27N7O6.2Na/c1-28-13(10-24-17-16(28)19(32)27-21(22)26-17)8-9-23-12-4-2-11(3-5-12)18(31)25-14(20(33)34)6-7-15(29)30;;/h2-5,13-14,23H,6-10H2,1H3,(H,25,31)(H,29,30)(H,33,34)(H4,22,24,26,27,32);;/q;2*+1/p-2/t13?,14-;;/m0../s1. The topological polar surface area (TPSA) is 208 Å². The second kappa shape index (κ2) is 14.4. The van der Waals surface area contributed by atoms with E-state index in [0.717, 1.165) is 5.69 Å². The average Bonchev–Trinajstić information content (AvgIpc) is 2.77. The normalized spacial score (nSPS) is 14.7. The summed E-state index contributed by atoms with van der Waals surface area (Å²) in [4.78, 5) is 54.6. The Balaban J connectivity index is 0.00000324. The number of likely N-dealkylation sites (N-methyl/N-ethyl adjacent to an activating group) is 1. The predicted molar refractivity (Wildman–Crippen MR) is 120 cm³/mol. The molecule has 0 spiro atoms. The number of H-pyrrole nitrogens is 1. The van der Waals surface area contributed by atoms with Gasteiger partial charge in [-0.3, -0.25) is 14.6 Å². The number of nitrogens with zero attached hydrogens (tertiary/aromatic N) is 2. The summed E-state index contributed by atoms with van der Waals surface area (Å²) in [6.45, 7) is 1.16. The molecule has 0 saturated heterocycles. The summed E-state index contributed by atoms with van der Waals surface area (Å²) in [6, 6.07) is 4.96. The van der Waals surface area contributed by atoms with Crippen LogP contribution in [0.4, 0.5) is 23.1 Å². The van der Waals surface area contributed by atoms with Gasteiger partial charge in [-0.1, -0.05) is 0 Å². The molecule has 2 atom stereocenters. The van der Waals surface area contributed by atoms with E-state index < -0.39 is 30.3 Å². The summed E-state index contributed by atoms with van der Waals surface area (Å²) in [6.07, 6.45) is -0.154. The Hall–Kier alpha value is -2.29. The summed E-state index contributed by atoms with van der Waals surface area (Å²) in [5, 5.41) is 30.3. The largest absolute Gasteiger partial charge is 1.00 e. The van der Waals surface area contributed by atoms with Gasteiger partial charge in [0.2, 0.25) is 5.95 Å². The van der Waals surface area contributed by atoms with E-state index in [4.69, 9.17) is 5.73 Å². The fourth-order valence-electron chi connectivity index (χ4n) is 3.64. The summed E-state index contributed by atoms with van der Waals surface area (Å²) in [5.74, 6) is -3.15. The second-order valence-electron chi connectivity index (χ2n) is 7.84. The molecule has 1 aliphatic rings. The Bertz CT molecular complexity index is 1130. The molecule has 1 aromatic heterocycles. The van der Waals surface area contributed by atoms with E-state index in [1.807, 2.05) is 11.9 Å². The zero-order chi connectivity index (χ0) is 24.8. The Kier molecular flexibility index (Phi) is 12.7. The van der Waals surface area contributed by atoms with Crippen LogP contribution in [-0.4, -0.2) is 60.0 Å². The molecule has 15 heteroatoms. The third-order valence-corrected chi connectivity index (χ3v) is 5.50. The maximum Gasteiger partial charge on any atom is 1.00 e. The number of nitrogen functional groups attached to an aromatic ring is 1. The summed E-state index contributed by atoms with van der Waals surface area (Å²) >= 11 is 0. The van der Waals surface area contributed by atoms with E-state index in [9.17, 15) is 29.4 Å². The number of aromatic amines is 1. The molecule has 0 bridgehead atoms. The number of fused-ring (bicyclic) bond motifs is 1. The molecule has 1 aromatic carbocycles. The van der Waals surface area contributed by atoms with Crippen molar-refractivity contribution in [3.05, 3.63) is 40.2 Å². The van der Waals surface area contributed by atoms with Crippen LogP contribution in [0.1, 0.15) is 29.6 Å². The molecule has 6 N–H and O–H groups in total. The van der Waals surface area contributed by atoms with Gasteiger partial charge in [-0.05, 0) is 43.5 Å². The number of anilines is 4. The van der Waals surface area contributed by atoms with E-state index in [0.29, 0.717) is 31.0 Å². The maximum absolute atomic E-state index is 12.3. The Morgan fingerprint density at radius 2 is 1.89 bits per heavy atom. The molecule has 1 unspecified atom stereocenters. The van der Waals surface area contributed by atoms with Gasteiger partial charge in [0, 0.05) is 43.4 Å². The van der Waals surface area contributed by atoms with Crippen molar-refractivity contribution in [3.8, 4) is 0 Å². The number of rotatable bonds is 10. The van der Waals surface area contributed by atoms with Crippen LogP contribution in [0.2, 0.25) is 0 Å². The summed E-state index contributed by atoms with van der Waals surface area (Å²) < 4.78 is 0. The summed E-state index contributed by atoms with van der Waals surface area (Å²) in [7, 11) is 1.82. The van der Waals surface area contributed by atoms with Crippen LogP contribution >= 0.6 is 0 Å². The number of amides is 1. The van der Waals surface area contributed by atoms with E-state index in [2.05, 4.69) is 25.9 Å². The Morgan fingerprint density at radius 1 is 1.22 bits per heavy atom. The van der Waals surface area contributed by atoms with Crippen LogP contribution in [0, 0.1) is 0 Å². The first-order valence-electron chi connectivity index (χ1n) is 10.6. The van der Waals surface area contributed by atoms with E-state index >= 15 is 0 Å². The maximum atomic E-state index is 12.3. The number of hydrogen-bond acceptors (Lipinski definition) is 11. The quantitative estimate of drug-likeness (QED) is 0.187. The first-order chi connectivity index (χ1) is 16.2. The van der Waals surface area contributed by atoms with Gasteiger partial charge in [0.05, 0.1) is 12.0 Å². The van der Waals surface area contributed by atoms with Crippen LogP contribution in [0.3, 0.4) is 0 Å². The number of aliphatic carboxylic acids is 2. The van der Waals surface area contributed by atoms with Crippen molar-refractivity contribution >= 4 is 41.0 Å². The van der Waals surface area contributed by atoms with Gasteiger partial charge >= 0.3 is 59.1 Å². The molecule has 0 radical (unpaired) electrons. The molecule has 0 aliphatic carbocycles. The second-order valence-corrected chi connectivity index (χ2v) is 7.84. The molecule has 3 rings (SSSR count). The number of carboxylic acids is 2. The molecule has 2 aromatic rings. The number of carbonyl (C=O) groups excluding carboxylic acids is 3. The Labute approximate surface area is 251 Å². The third-order valence-electron chi connectivity index (χ3n) is 5.50. The number of carbonyl (C=O) groups is 3. The van der Waals surface area contributed by atoms with E-state index in [-0.39, 0.29) is 88.6 Å². The van der Waals surface area contributed by atoms with Crippen LogP contribution < -0.4 is 101 Å². The van der Waals surface area contributed by atoms with Crippen molar-refractivity contribution in [3.63, 3.8) is 0 Å². The molecule has 2 heterocycles. The third kappa shape index (κ3) is 8.39. The van der Waals surface area contributed by atoms with Crippen LogP contribution in [0.5, 0.6) is 0 Å². The minimum atomic E-state index is -1.57. The fourth-order valence-corrected chi connectivity index (χ4v) is 3.64. The van der Waals surface area contributed by atoms with Gasteiger partial charge in [-0.25, -0.2) is 0 Å². The molecule has 1 aliphatic heterocycles. The number of hydrogen-bond donors (Lipinski definition) is 5. The SMILES string of the molecule is CN1c2c(nc(N)[nH]c2=O)NCC1CCNc1ccc(C(=O)N[C@@H](CCC(=O)[O-])C(=O)[O-])cc1.[Na+].[Na+]. The zero-order valence-electron chi connectivity index (χ0n) is 20.4. The van der Waals surface area contributed by atoms with E-state index in [1.165, 1.54) is 12.1 Å². The molecule has 0 saturated carbocycles. The Morgan fingerprint density at radius 3 is 2.50 bits per heavy atom. The molecular weight excluding hydrogens is 492 g/mol. The molecule has 1 amide bonds. The van der Waals surface area contributed by atoms with Gasteiger partial charge < -0.3 is 46.4 Å². The first-order valence-corrected chi connectivity index (χ1v) is 10.6. The van der Waals surface area contributed by atoms with Crippen molar-refractivity contribution in [2.75, 3.05) is 41.4 Å². The molecule has 13 nitrogen and oxygen atoms in total. The van der Waals surface area contributed by atoms with Crippen molar-refractivity contribution < 1.29 is 83.7 Å². The smallest absolute Gasteiger partial charge is 0.550 e. The van der Waals surface area contributed by atoms with Crippen LogP contribution in [-0.2, 0) is 9.59 Å². The van der Waals surface area contributed by atoms with E-state index in [1.54, 1.807) is 12.1 Å². The van der Waals surface area contributed by atoms with Crippen LogP contribution in [0.25, 0.3) is 0 Å². The van der Waals surface area contributed by atoms with Crippen molar-refractivity contribution in [2.45, 2.75) is 31.3 Å². The van der Waals surface area contributed by atoms with Gasteiger partial charge in [0.25, 0.3) is 11.5 Å². The minimum absolute atomic E-state index is 0. The molecule has 36 heavy (non-hydrogen) atoms. The van der Waals surface area contributed by atoms with Crippen molar-refractivity contribution in [1.82, 2.24) is 15.3 Å².